The van der Waals surface area contributed by atoms with E-state index in [1.54, 1.807) is 11.3 Å². The second kappa shape index (κ2) is 5.77. The predicted octanol–water partition coefficient (Wildman–Crippen LogP) is 3.11. The first kappa shape index (κ1) is 13.3. The fourth-order valence-corrected chi connectivity index (χ4v) is 3.92. The highest BCUT2D eigenvalue weighted by Crippen LogP contribution is 2.40. The monoisotopic (exact) mass is 286 g/mol. The van der Waals surface area contributed by atoms with E-state index in [1.807, 2.05) is 30.3 Å². The molecule has 3 rings (SSSR count). The lowest BCUT2D eigenvalue weighted by Crippen LogP contribution is -2.37. The molecule has 0 spiro atoms. The molecule has 1 aromatic heterocycles. The molecule has 20 heavy (non-hydrogen) atoms. The van der Waals surface area contributed by atoms with Gasteiger partial charge in [0.05, 0.1) is 0 Å². The second-order valence-electron chi connectivity index (χ2n) is 5.13. The average Bonchev–Trinajstić information content (AvgIpc) is 3.09. The van der Waals surface area contributed by atoms with Crippen molar-refractivity contribution in [2.45, 2.75) is 24.9 Å². The first-order chi connectivity index (χ1) is 9.77. The highest BCUT2D eigenvalue weighted by Gasteiger charge is 2.35. The third-order valence-electron chi connectivity index (χ3n) is 3.88. The minimum atomic E-state index is -0.328. The number of hydrogen-bond acceptors (Lipinski definition) is 3. The topological polar surface area (TPSA) is 46.3 Å². The summed E-state index contributed by atoms with van der Waals surface area (Å²) in [5, 5.41) is 2.09. The number of hydrogen-bond donors (Lipinski definition) is 1. The summed E-state index contributed by atoms with van der Waals surface area (Å²) >= 11 is 1.75. The van der Waals surface area contributed by atoms with Gasteiger partial charge in [-0.25, -0.2) is 0 Å². The Bertz CT molecular complexity index is 567. The van der Waals surface area contributed by atoms with Crippen LogP contribution in [-0.4, -0.2) is 17.4 Å². The van der Waals surface area contributed by atoms with Crippen molar-refractivity contribution in [2.75, 3.05) is 6.54 Å². The van der Waals surface area contributed by atoms with Gasteiger partial charge in [-0.05, 0) is 36.4 Å². The average molecular weight is 286 g/mol. The number of primary amides is 1. The van der Waals surface area contributed by atoms with Crippen LogP contribution in [0.1, 0.15) is 35.4 Å². The highest BCUT2D eigenvalue weighted by molar-refractivity contribution is 7.10. The fraction of sp³-hybridized carbons (Fsp3) is 0.312. The molecular formula is C16H18N2OS. The van der Waals surface area contributed by atoms with E-state index in [4.69, 9.17) is 5.73 Å². The molecule has 1 saturated heterocycles. The summed E-state index contributed by atoms with van der Waals surface area (Å²) < 4.78 is 0. The first-order valence-electron chi connectivity index (χ1n) is 6.91. The molecule has 1 aliphatic heterocycles. The van der Waals surface area contributed by atoms with Gasteiger partial charge < -0.3 is 5.73 Å². The van der Waals surface area contributed by atoms with Gasteiger partial charge in [0, 0.05) is 10.9 Å². The number of thiophene rings is 1. The Balaban J connectivity index is 1.93. The third kappa shape index (κ3) is 2.49. The van der Waals surface area contributed by atoms with Crippen molar-refractivity contribution in [1.29, 1.82) is 0 Å². The van der Waals surface area contributed by atoms with Crippen LogP contribution < -0.4 is 5.73 Å². The van der Waals surface area contributed by atoms with Gasteiger partial charge in [-0.2, -0.15) is 0 Å². The van der Waals surface area contributed by atoms with Crippen molar-refractivity contribution in [3.63, 3.8) is 0 Å². The largest absolute Gasteiger partial charge is 0.368 e. The zero-order chi connectivity index (χ0) is 13.9. The van der Waals surface area contributed by atoms with E-state index >= 15 is 0 Å². The molecule has 2 aromatic rings. The maximum absolute atomic E-state index is 12.0. The van der Waals surface area contributed by atoms with Gasteiger partial charge >= 0.3 is 0 Å². The number of likely N-dealkylation sites (tertiary alicyclic amines) is 1. The van der Waals surface area contributed by atoms with E-state index in [2.05, 4.69) is 22.4 Å². The van der Waals surface area contributed by atoms with Crippen LogP contribution >= 0.6 is 11.3 Å². The molecule has 0 aliphatic carbocycles. The summed E-state index contributed by atoms with van der Waals surface area (Å²) in [6.07, 6.45) is 2.20. The molecular weight excluding hydrogens is 268 g/mol. The molecule has 2 heterocycles. The molecule has 4 heteroatoms. The molecule has 2 unspecified atom stereocenters. The zero-order valence-corrected chi connectivity index (χ0v) is 12.1. The number of amides is 1. The Morgan fingerprint density at radius 3 is 2.70 bits per heavy atom. The number of nitrogens with zero attached hydrogens (tertiary/aromatic N) is 1. The summed E-state index contributed by atoms with van der Waals surface area (Å²) in [6, 6.07) is 14.1. The Hall–Kier alpha value is -1.65. The van der Waals surface area contributed by atoms with E-state index in [1.165, 1.54) is 4.88 Å². The quantitative estimate of drug-likeness (QED) is 0.938. The van der Waals surface area contributed by atoms with Crippen molar-refractivity contribution in [3.05, 3.63) is 58.3 Å². The number of carbonyl (C=O) groups excluding carboxylic acids is 1. The molecule has 2 N–H and O–H groups in total. The van der Waals surface area contributed by atoms with Crippen LogP contribution in [0.2, 0.25) is 0 Å². The lowest BCUT2D eigenvalue weighted by atomic mass is 10.0. The lowest BCUT2D eigenvalue weighted by molar-refractivity contribution is -0.123. The summed E-state index contributed by atoms with van der Waals surface area (Å²) in [7, 11) is 0. The van der Waals surface area contributed by atoms with Crippen molar-refractivity contribution in [2.24, 2.45) is 5.73 Å². The third-order valence-corrected chi connectivity index (χ3v) is 4.86. The molecule has 104 valence electrons. The van der Waals surface area contributed by atoms with Gasteiger partial charge in [0.15, 0.2) is 0 Å². The number of nitrogens with two attached hydrogens (primary N) is 1. The van der Waals surface area contributed by atoms with Crippen molar-refractivity contribution in [3.8, 4) is 0 Å². The minimum absolute atomic E-state index is 0.264. The standard InChI is InChI=1S/C16H18N2OS/c17-16(19)15(12-6-2-1-3-7-12)18-10-4-8-13(18)14-9-5-11-20-14/h1-3,5-7,9,11,13,15H,4,8,10H2,(H2,17,19). The van der Waals surface area contributed by atoms with Crippen LogP contribution in [-0.2, 0) is 4.79 Å². The van der Waals surface area contributed by atoms with Gasteiger partial charge in [-0.15, -0.1) is 11.3 Å². The van der Waals surface area contributed by atoms with Crippen LogP contribution in [0.3, 0.4) is 0 Å². The van der Waals surface area contributed by atoms with E-state index < -0.39 is 0 Å². The van der Waals surface area contributed by atoms with E-state index in [9.17, 15) is 4.79 Å². The van der Waals surface area contributed by atoms with Crippen LogP contribution in [0.4, 0.5) is 0 Å². The summed E-state index contributed by atoms with van der Waals surface area (Å²) in [4.78, 5) is 15.6. The lowest BCUT2D eigenvalue weighted by Gasteiger charge is -2.30. The zero-order valence-electron chi connectivity index (χ0n) is 11.2. The number of benzene rings is 1. The van der Waals surface area contributed by atoms with Crippen molar-refractivity contribution >= 4 is 17.2 Å². The maximum atomic E-state index is 12.0. The van der Waals surface area contributed by atoms with Crippen molar-refractivity contribution < 1.29 is 4.79 Å². The van der Waals surface area contributed by atoms with E-state index in [-0.39, 0.29) is 11.9 Å². The van der Waals surface area contributed by atoms with Gasteiger partial charge in [0.25, 0.3) is 0 Å². The van der Waals surface area contributed by atoms with E-state index in [0.29, 0.717) is 6.04 Å². The molecule has 0 bridgehead atoms. The first-order valence-corrected chi connectivity index (χ1v) is 7.79. The molecule has 0 saturated carbocycles. The summed E-state index contributed by atoms with van der Waals surface area (Å²) in [5.74, 6) is -0.264. The van der Waals surface area contributed by atoms with Crippen LogP contribution in [0.25, 0.3) is 0 Å². The van der Waals surface area contributed by atoms with E-state index in [0.717, 1.165) is 24.9 Å². The Kier molecular flexibility index (Phi) is 3.85. The van der Waals surface area contributed by atoms with Gasteiger partial charge in [-0.1, -0.05) is 36.4 Å². The number of carbonyl (C=O) groups is 1. The SMILES string of the molecule is NC(=O)C(c1ccccc1)N1CCCC1c1cccs1. The van der Waals surface area contributed by atoms with Crippen LogP contribution in [0, 0.1) is 0 Å². The molecule has 1 amide bonds. The summed E-state index contributed by atoms with van der Waals surface area (Å²) in [6.45, 7) is 0.922. The highest BCUT2D eigenvalue weighted by atomic mass is 32.1. The molecule has 3 nitrogen and oxygen atoms in total. The number of rotatable bonds is 4. The Morgan fingerprint density at radius 1 is 1.25 bits per heavy atom. The maximum Gasteiger partial charge on any atom is 0.239 e. The molecule has 1 fully saturated rings. The summed E-state index contributed by atoms with van der Waals surface area (Å²) in [5.41, 5.74) is 6.68. The molecule has 1 aromatic carbocycles. The molecule has 1 aliphatic rings. The van der Waals surface area contributed by atoms with Crippen molar-refractivity contribution in [1.82, 2.24) is 4.90 Å². The van der Waals surface area contributed by atoms with Crippen LogP contribution in [0.15, 0.2) is 47.8 Å². The molecule has 0 radical (unpaired) electrons. The smallest absolute Gasteiger partial charge is 0.239 e. The Labute approximate surface area is 123 Å². The predicted molar refractivity (Wildman–Crippen MR) is 81.4 cm³/mol. The minimum Gasteiger partial charge on any atom is -0.368 e. The molecule has 2 atom stereocenters. The second-order valence-corrected chi connectivity index (χ2v) is 6.11. The van der Waals surface area contributed by atoms with Gasteiger partial charge in [0.1, 0.15) is 6.04 Å². The normalized spacial score (nSPS) is 20.9. The van der Waals surface area contributed by atoms with Crippen LogP contribution in [0.5, 0.6) is 0 Å². The van der Waals surface area contributed by atoms with Gasteiger partial charge in [-0.3, -0.25) is 9.69 Å². The van der Waals surface area contributed by atoms with Gasteiger partial charge in [0.2, 0.25) is 5.91 Å². The Morgan fingerprint density at radius 2 is 2.05 bits per heavy atom. The fourth-order valence-electron chi connectivity index (χ4n) is 3.04.